The monoisotopic (exact) mass is 353 g/mol. The SMILES string of the molecule is CC1=CC(c2ccc(CNC(C)c3ccc(C)cc3)o2)=CC=CC1Cl. The van der Waals surface area contributed by atoms with Crippen molar-refractivity contribution in [3.63, 3.8) is 0 Å². The lowest BCUT2D eigenvalue weighted by Crippen LogP contribution is -2.17. The summed E-state index contributed by atoms with van der Waals surface area (Å²) in [6.45, 7) is 7.00. The molecule has 0 fully saturated rings. The van der Waals surface area contributed by atoms with Crippen molar-refractivity contribution in [3.05, 3.63) is 88.9 Å². The normalized spacial score (nSPS) is 18.5. The van der Waals surface area contributed by atoms with Crippen LogP contribution in [0.25, 0.3) is 5.57 Å². The first-order valence-corrected chi connectivity index (χ1v) is 9.06. The van der Waals surface area contributed by atoms with E-state index in [-0.39, 0.29) is 11.4 Å². The minimum atomic E-state index is -0.0554. The first kappa shape index (κ1) is 17.8. The smallest absolute Gasteiger partial charge is 0.134 e. The molecule has 2 atom stereocenters. The van der Waals surface area contributed by atoms with Gasteiger partial charge in [0.2, 0.25) is 0 Å². The molecule has 0 saturated heterocycles. The molecule has 1 aliphatic rings. The maximum Gasteiger partial charge on any atom is 0.134 e. The highest BCUT2D eigenvalue weighted by Gasteiger charge is 2.11. The number of hydrogen-bond acceptors (Lipinski definition) is 2. The zero-order valence-electron chi connectivity index (χ0n) is 14.9. The van der Waals surface area contributed by atoms with Gasteiger partial charge < -0.3 is 9.73 Å². The highest BCUT2D eigenvalue weighted by molar-refractivity contribution is 6.23. The predicted molar refractivity (Wildman–Crippen MR) is 106 cm³/mol. The molecule has 25 heavy (non-hydrogen) atoms. The van der Waals surface area contributed by atoms with Gasteiger partial charge in [-0.3, -0.25) is 0 Å². The van der Waals surface area contributed by atoms with Crippen LogP contribution in [0.5, 0.6) is 0 Å². The lowest BCUT2D eigenvalue weighted by molar-refractivity contribution is 0.454. The van der Waals surface area contributed by atoms with Crippen LogP contribution in [0.2, 0.25) is 0 Å². The molecule has 3 heteroatoms. The highest BCUT2D eigenvalue weighted by atomic mass is 35.5. The van der Waals surface area contributed by atoms with E-state index in [4.69, 9.17) is 16.0 Å². The average Bonchev–Trinajstić information content (AvgIpc) is 3.01. The van der Waals surface area contributed by atoms with Crippen LogP contribution >= 0.6 is 11.6 Å². The van der Waals surface area contributed by atoms with Crippen LogP contribution < -0.4 is 5.32 Å². The van der Waals surface area contributed by atoms with Crippen LogP contribution in [-0.2, 0) is 6.54 Å². The Bertz CT molecular complexity index is 811. The molecule has 1 N–H and O–H groups in total. The van der Waals surface area contributed by atoms with Crippen LogP contribution in [-0.4, -0.2) is 5.38 Å². The zero-order chi connectivity index (χ0) is 17.8. The quantitative estimate of drug-likeness (QED) is 0.672. The van der Waals surface area contributed by atoms with Gasteiger partial charge in [0.05, 0.1) is 11.9 Å². The van der Waals surface area contributed by atoms with Gasteiger partial charge in [-0.1, -0.05) is 59.7 Å². The van der Waals surface area contributed by atoms with E-state index in [0.29, 0.717) is 6.54 Å². The molecule has 2 unspecified atom stereocenters. The molecular formula is C22H24ClNO. The first-order chi connectivity index (χ1) is 12.0. The highest BCUT2D eigenvalue weighted by Crippen LogP contribution is 2.25. The number of aryl methyl sites for hydroxylation is 1. The molecule has 0 aliphatic heterocycles. The Hall–Kier alpha value is -2.03. The summed E-state index contributed by atoms with van der Waals surface area (Å²) in [5.41, 5.74) is 4.72. The second kappa shape index (κ2) is 7.90. The summed E-state index contributed by atoms with van der Waals surface area (Å²) in [6.07, 6.45) is 8.09. The van der Waals surface area contributed by atoms with E-state index in [1.54, 1.807) is 0 Å². The minimum Gasteiger partial charge on any atom is -0.460 e. The minimum absolute atomic E-state index is 0.0554. The Morgan fingerprint density at radius 3 is 2.64 bits per heavy atom. The third kappa shape index (κ3) is 4.53. The third-order valence-electron chi connectivity index (χ3n) is 4.48. The fourth-order valence-corrected chi connectivity index (χ4v) is 2.94. The molecule has 0 amide bonds. The van der Waals surface area contributed by atoms with E-state index in [1.807, 2.05) is 37.3 Å². The fourth-order valence-electron chi connectivity index (χ4n) is 2.79. The standard InChI is InChI=1S/C22H24ClNO/c1-15-7-9-18(10-8-15)17(3)24-14-20-11-12-22(25-20)19-5-4-6-21(23)16(2)13-19/h4-13,17,21,24H,14H2,1-3H3. The molecule has 0 saturated carbocycles. The van der Waals surface area contributed by atoms with Crippen molar-refractivity contribution in [1.82, 2.24) is 5.32 Å². The number of nitrogens with one attached hydrogen (secondary N) is 1. The van der Waals surface area contributed by atoms with Gasteiger partial charge in [0.1, 0.15) is 11.5 Å². The molecule has 2 aromatic rings. The topological polar surface area (TPSA) is 25.2 Å². The molecule has 3 rings (SSSR count). The van der Waals surface area contributed by atoms with Crippen LogP contribution in [0.1, 0.15) is 42.5 Å². The van der Waals surface area contributed by atoms with E-state index in [0.717, 1.165) is 22.7 Å². The lowest BCUT2D eigenvalue weighted by Gasteiger charge is -2.13. The van der Waals surface area contributed by atoms with Gasteiger partial charge in [-0.25, -0.2) is 0 Å². The number of alkyl halides is 1. The molecule has 0 spiro atoms. The van der Waals surface area contributed by atoms with Crippen molar-refractivity contribution in [3.8, 4) is 0 Å². The summed E-state index contributed by atoms with van der Waals surface area (Å²) in [6, 6.07) is 12.9. The molecule has 1 aromatic carbocycles. The van der Waals surface area contributed by atoms with Crippen LogP contribution in [0.4, 0.5) is 0 Å². The largest absolute Gasteiger partial charge is 0.460 e. The van der Waals surface area contributed by atoms with Crippen molar-refractivity contribution in [1.29, 1.82) is 0 Å². The number of rotatable bonds is 5. The van der Waals surface area contributed by atoms with Gasteiger partial charge in [-0.15, -0.1) is 11.6 Å². The summed E-state index contributed by atoms with van der Waals surface area (Å²) < 4.78 is 6.02. The van der Waals surface area contributed by atoms with Crippen molar-refractivity contribution >= 4 is 17.2 Å². The molecule has 1 aromatic heterocycles. The average molecular weight is 354 g/mol. The third-order valence-corrected chi connectivity index (χ3v) is 4.97. The molecule has 1 aliphatic carbocycles. The first-order valence-electron chi connectivity index (χ1n) is 8.63. The van der Waals surface area contributed by atoms with Gasteiger partial charge >= 0.3 is 0 Å². The number of furan rings is 1. The van der Waals surface area contributed by atoms with E-state index in [9.17, 15) is 0 Å². The Kier molecular flexibility index (Phi) is 5.62. The van der Waals surface area contributed by atoms with Gasteiger partial charge in [0.25, 0.3) is 0 Å². The Morgan fingerprint density at radius 2 is 1.88 bits per heavy atom. The molecule has 0 radical (unpaired) electrons. The van der Waals surface area contributed by atoms with Crippen molar-refractivity contribution in [2.24, 2.45) is 0 Å². The molecule has 0 bridgehead atoms. The van der Waals surface area contributed by atoms with Gasteiger partial charge in [-0.2, -0.15) is 0 Å². The number of hydrogen-bond donors (Lipinski definition) is 1. The molecule has 2 nitrogen and oxygen atoms in total. The van der Waals surface area contributed by atoms with E-state index < -0.39 is 0 Å². The van der Waals surface area contributed by atoms with Crippen molar-refractivity contribution in [2.45, 2.75) is 38.7 Å². The van der Waals surface area contributed by atoms with E-state index in [1.165, 1.54) is 11.1 Å². The van der Waals surface area contributed by atoms with E-state index in [2.05, 4.69) is 49.5 Å². The van der Waals surface area contributed by atoms with Crippen LogP contribution in [0.3, 0.4) is 0 Å². The maximum atomic E-state index is 6.25. The lowest BCUT2D eigenvalue weighted by atomic mass is 10.1. The molecule has 1 heterocycles. The molecule has 130 valence electrons. The van der Waals surface area contributed by atoms with Crippen molar-refractivity contribution < 1.29 is 4.42 Å². The zero-order valence-corrected chi connectivity index (χ0v) is 15.7. The summed E-state index contributed by atoms with van der Waals surface area (Å²) in [5.74, 6) is 1.80. The Balaban J connectivity index is 1.65. The summed E-state index contributed by atoms with van der Waals surface area (Å²) in [5, 5.41) is 3.46. The predicted octanol–water partition coefficient (Wildman–Crippen LogP) is 5.95. The van der Waals surface area contributed by atoms with Crippen LogP contribution in [0.15, 0.2) is 70.7 Å². The second-order valence-electron chi connectivity index (χ2n) is 6.58. The Labute approximate surface area is 154 Å². The fraction of sp³-hybridized carbons (Fsp3) is 0.273. The molecular weight excluding hydrogens is 330 g/mol. The van der Waals surface area contributed by atoms with Gasteiger partial charge in [0.15, 0.2) is 0 Å². The summed E-state index contributed by atoms with van der Waals surface area (Å²) in [7, 11) is 0. The Morgan fingerprint density at radius 1 is 1.12 bits per heavy atom. The number of allylic oxidation sites excluding steroid dienone is 6. The van der Waals surface area contributed by atoms with Crippen LogP contribution in [0, 0.1) is 6.92 Å². The van der Waals surface area contributed by atoms with Gasteiger partial charge in [-0.05, 0) is 38.5 Å². The number of benzene rings is 1. The maximum absolute atomic E-state index is 6.25. The van der Waals surface area contributed by atoms with Gasteiger partial charge in [0, 0.05) is 11.6 Å². The van der Waals surface area contributed by atoms with Crippen molar-refractivity contribution in [2.75, 3.05) is 0 Å². The van der Waals surface area contributed by atoms with E-state index >= 15 is 0 Å². The number of halogens is 1. The second-order valence-corrected chi connectivity index (χ2v) is 7.05. The summed E-state index contributed by atoms with van der Waals surface area (Å²) >= 11 is 6.25. The summed E-state index contributed by atoms with van der Waals surface area (Å²) in [4.78, 5) is 0.